The first-order valence-electron chi connectivity index (χ1n) is 7.89. The molecule has 3 rings (SSSR count). The number of hydrogen-bond acceptors (Lipinski definition) is 2. The van der Waals surface area contributed by atoms with E-state index in [0.29, 0.717) is 6.04 Å². The number of thioether (sulfide) groups is 1. The van der Waals surface area contributed by atoms with Crippen LogP contribution < -0.4 is 5.32 Å². The van der Waals surface area contributed by atoms with Crippen LogP contribution in [0, 0.1) is 5.92 Å². The van der Waals surface area contributed by atoms with Crippen LogP contribution in [0.3, 0.4) is 0 Å². The molecule has 0 aliphatic heterocycles. The van der Waals surface area contributed by atoms with Crippen LogP contribution in [0.5, 0.6) is 0 Å². The van der Waals surface area contributed by atoms with E-state index in [1.165, 1.54) is 55.5 Å². The fourth-order valence-corrected chi connectivity index (χ4v) is 4.47. The van der Waals surface area contributed by atoms with Gasteiger partial charge in [-0.15, -0.1) is 11.8 Å². The molecule has 0 saturated heterocycles. The molecule has 19 heavy (non-hydrogen) atoms. The quantitative estimate of drug-likeness (QED) is 0.754. The molecule has 1 unspecified atom stereocenters. The standard InChI is InChI=1S/C17H25NS/c1-2-15(13-11-12-13)18-16-9-5-6-10-17(16)19-14-7-3-4-8-14/h5-6,9-10,13-15,18H,2-4,7-8,11-12H2,1H3. The highest BCUT2D eigenvalue weighted by atomic mass is 32.2. The number of rotatable bonds is 6. The third-order valence-electron chi connectivity index (χ3n) is 4.45. The van der Waals surface area contributed by atoms with Crippen molar-refractivity contribution in [1.29, 1.82) is 0 Å². The van der Waals surface area contributed by atoms with E-state index in [4.69, 9.17) is 0 Å². The van der Waals surface area contributed by atoms with Crippen LogP contribution in [0.4, 0.5) is 5.69 Å². The lowest BCUT2D eigenvalue weighted by molar-refractivity contribution is 0.615. The number of para-hydroxylation sites is 1. The van der Waals surface area contributed by atoms with Crippen molar-refractivity contribution in [1.82, 2.24) is 0 Å². The fraction of sp³-hybridized carbons (Fsp3) is 0.647. The molecule has 0 heterocycles. The summed E-state index contributed by atoms with van der Waals surface area (Å²) in [7, 11) is 0. The fourth-order valence-electron chi connectivity index (χ4n) is 3.13. The normalized spacial score (nSPS) is 21.5. The van der Waals surface area contributed by atoms with Gasteiger partial charge in [0.15, 0.2) is 0 Å². The molecule has 1 atom stereocenters. The summed E-state index contributed by atoms with van der Waals surface area (Å²) in [6, 6.07) is 9.60. The van der Waals surface area contributed by atoms with Gasteiger partial charge in [-0.1, -0.05) is 31.9 Å². The van der Waals surface area contributed by atoms with Gasteiger partial charge in [-0.05, 0) is 50.2 Å². The van der Waals surface area contributed by atoms with Crippen LogP contribution in [-0.2, 0) is 0 Å². The SMILES string of the molecule is CCC(Nc1ccccc1SC1CCCC1)C1CC1. The number of anilines is 1. The predicted molar refractivity (Wildman–Crippen MR) is 85.0 cm³/mol. The Morgan fingerprint density at radius 1 is 1.16 bits per heavy atom. The molecule has 104 valence electrons. The second kappa shape index (κ2) is 6.21. The molecule has 2 aliphatic carbocycles. The zero-order valence-electron chi connectivity index (χ0n) is 11.9. The third-order valence-corrected chi connectivity index (χ3v) is 5.87. The molecule has 0 amide bonds. The van der Waals surface area contributed by atoms with Crippen LogP contribution in [-0.4, -0.2) is 11.3 Å². The maximum absolute atomic E-state index is 3.81. The maximum Gasteiger partial charge on any atom is 0.0480 e. The Balaban J connectivity index is 1.68. The van der Waals surface area contributed by atoms with Crippen LogP contribution in [0.25, 0.3) is 0 Å². The Hall–Kier alpha value is -0.630. The lowest BCUT2D eigenvalue weighted by Gasteiger charge is -2.21. The minimum Gasteiger partial charge on any atom is -0.381 e. The molecule has 2 aliphatic rings. The smallest absolute Gasteiger partial charge is 0.0480 e. The van der Waals surface area contributed by atoms with Crippen molar-refractivity contribution >= 4 is 17.4 Å². The first kappa shape index (κ1) is 13.4. The first-order chi connectivity index (χ1) is 9.36. The molecule has 1 N–H and O–H groups in total. The highest BCUT2D eigenvalue weighted by Gasteiger charge is 2.30. The van der Waals surface area contributed by atoms with Crippen molar-refractivity contribution in [3.63, 3.8) is 0 Å². The predicted octanol–water partition coefficient (Wildman–Crippen LogP) is 5.32. The zero-order valence-corrected chi connectivity index (χ0v) is 12.7. The molecule has 0 bridgehead atoms. The summed E-state index contributed by atoms with van der Waals surface area (Å²) in [4.78, 5) is 1.47. The molecule has 2 heteroatoms. The van der Waals surface area contributed by atoms with E-state index < -0.39 is 0 Å². The van der Waals surface area contributed by atoms with Gasteiger partial charge in [0.25, 0.3) is 0 Å². The van der Waals surface area contributed by atoms with E-state index in [2.05, 4.69) is 48.3 Å². The molecule has 2 saturated carbocycles. The molecule has 0 aromatic heterocycles. The lowest BCUT2D eigenvalue weighted by Crippen LogP contribution is -2.21. The molecule has 1 aromatic carbocycles. The van der Waals surface area contributed by atoms with Gasteiger partial charge in [-0.2, -0.15) is 0 Å². The van der Waals surface area contributed by atoms with E-state index in [1.807, 2.05) is 0 Å². The summed E-state index contributed by atoms with van der Waals surface area (Å²) < 4.78 is 0. The van der Waals surface area contributed by atoms with Crippen LogP contribution in [0.1, 0.15) is 51.9 Å². The van der Waals surface area contributed by atoms with Crippen LogP contribution in [0.2, 0.25) is 0 Å². The molecule has 0 spiro atoms. The lowest BCUT2D eigenvalue weighted by atomic mass is 10.1. The van der Waals surface area contributed by atoms with Crippen molar-refractivity contribution in [3.05, 3.63) is 24.3 Å². The highest BCUT2D eigenvalue weighted by molar-refractivity contribution is 8.00. The molecular formula is C17H25NS. The van der Waals surface area contributed by atoms with Gasteiger partial charge >= 0.3 is 0 Å². The van der Waals surface area contributed by atoms with Crippen molar-refractivity contribution in [2.75, 3.05) is 5.32 Å². The Morgan fingerprint density at radius 3 is 2.58 bits per heavy atom. The van der Waals surface area contributed by atoms with E-state index in [1.54, 1.807) is 0 Å². The number of benzene rings is 1. The summed E-state index contributed by atoms with van der Waals surface area (Å²) in [6.07, 6.45) is 9.73. The number of nitrogens with one attached hydrogen (secondary N) is 1. The van der Waals surface area contributed by atoms with Gasteiger partial charge in [0.05, 0.1) is 0 Å². The van der Waals surface area contributed by atoms with Crippen molar-refractivity contribution in [2.24, 2.45) is 5.92 Å². The van der Waals surface area contributed by atoms with Crippen molar-refractivity contribution in [2.45, 2.75) is 68.1 Å². The molecule has 1 aromatic rings. The minimum atomic E-state index is 0.685. The summed E-state index contributed by atoms with van der Waals surface area (Å²) in [5.74, 6) is 0.925. The Morgan fingerprint density at radius 2 is 1.89 bits per heavy atom. The minimum absolute atomic E-state index is 0.685. The van der Waals surface area contributed by atoms with Gasteiger partial charge in [-0.25, -0.2) is 0 Å². The Kier molecular flexibility index (Phi) is 4.37. The summed E-state index contributed by atoms with van der Waals surface area (Å²) in [5, 5.41) is 4.66. The molecular weight excluding hydrogens is 250 g/mol. The second-order valence-electron chi connectivity index (χ2n) is 6.02. The molecule has 2 fully saturated rings. The van der Waals surface area contributed by atoms with Gasteiger partial charge < -0.3 is 5.32 Å². The Labute approximate surface area is 121 Å². The monoisotopic (exact) mass is 275 g/mol. The average Bonchev–Trinajstić information content (AvgIpc) is 3.15. The van der Waals surface area contributed by atoms with Gasteiger partial charge in [0, 0.05) is 21.9 Å². The Bertz CT molecular complexity index is 407. The largest absolute Gasteiger partial charge is 0.381 e. The van der Waals surface area contributed by atoms with Gasteiger partial charge in [-0.3, -0.25) is 0 Å². The van der Waals surface area contributed by atoms with E-state index in [9.17, 15) is 0 Å². The number of hydrogen-bond donors (Lipinski definition) is 1. The van der Waals surface area contributed by atoms with E-state index in [-0.39, 0.29) is 0 Å². The topological polar surface area (TPSA) is 12.0 Å². The molecule has 1 nitrogen and oxygen atoms in total. The molecule has 0 radical (unpaired) electrons. The summed E-state index contributed by atoms with van der Waals surface area (Å²) >= 11 is 2.10. The van der Waals surface area contributed by atoms with E-state index >= 15 is 0 Å². The van der Waals surface area contributed by atoms with E-state index in [0.717, 1.165) is 11.2 Å². The maximum atomic E-state index is 3.81. The van der Waals surface area contributed by atoms with Crippen LogP contribution >= 0.6 is 11.8 Å². The van der Waals surface area contributed by atoms with Gasteiger partial charge in [0.1, 0.15) is 0 Å². The summed E-state index contributed by atoms with van der Waals surface area (Å²) in [6.45, 7) is 2.31. The third kappa shape index (κ3) is 3.47. The van der Waals surface area contributed by atoms with Gasteiger partial charge in [0.2, 0.25) is 0 Å². The second-order valence-corrected chi connectivity index (χ2v) is 7.36. The highest BCUT2D eigenvalue weighted by Crippen LogP contribution is 2.40. The van der Waals surface area contributed by atoms with Crippen molar-refractivity contribution < 1.29 is 0 Å². The zero-order chi connectivity index (χ0) is 13.1. The average molecular weight is 275 g/mol. The first-order valence-corrected chi connectivity index (χ1v) is 8.77. The van der Waals surface area contributed by atoms with Crippen molar-refractivity contribution in [3.8, 4) is 0 Å². The summed E-state index contributed by atoms with van der Waals surface area (Å²) in [5.41, 5.74) is 1.37. The van der Waals surface area contributed by atoms with Crippen LogP contribution in [0.15, 0.2) is 29.2 Å².